The van der Waals surface area contributed by atoms with E-state index in [2.05, 4.69) is 39.8 Å². The van der Waals surface area contributed by atoms with E-state index in [0.29, 0.717) is 12.2 Å². The number of hydrogen-bond acceptors (Lipinski definition) is 8. The van der Waals surface area contributed by atoms with E-state index in [0.717, 1.165) is 19.3 Å². The summed E-state index contributed by atoms with van der Waals surface area (Å²) < 4.78 is 0. The summed E-state index contributed by atoms with van der Waals surface area (Å²) in [6, 6.07) is 1.39. The van der Waals surface area contributed by atoms with E-state index in [4.69, 9.17) is 0 Å². The van der Waals surface area contributed by atoms with Gasteiger partial charge >= 0.3 is 6.03 Å². The average molecular weight is 701 g/mol. The Morgan fingerprint density at radius 1 is 1.04 bits per heavy atom. The molecule has 1 aliphatic rings. The van der Waals surface area contributed by atoms with E-state index in [1.807, 2.05) is 34.6 Å². The first-order valence-electron chi connectivity index (χ1n) is 17.2. The molecule has 1 aromatic rings. The number of ketones is 2. The van der Waals surface area contributed by atoms with Crippen molar-refractivity contribution in [2.75, 3.05) is 18.8 Å². The van der Waals surface area contributed by atoms with Gasteiger partial charge in [0.15, 0.2) is 0 Å². The lowest BCUT2D eigenvalue weighted by Crippen LogP contribution is -2.61. The minimum atomic E-state index is -1.13. The molecule has 1 aromatic heterocycles. The second kappa shape index (κ2) is 19.4. The van der Waals surface area contributed by atoms with Crippen molar-refractivity contribution < 1.29 is 28.8 Å². The van der Waals surface area contributed by atoms with Crippen molar-refractivity contribution in [2.24, 2.45) is 23.2 Å². The van der Waals surface area contributed by atoms with Crippen LogP contribution in [0.25, 0.3) is 0 Å². The third-order valence-electron chi connectivity index (χ3n) is 8.57. The monoisotopic (exact) mass is 700 g/mol. The van der Waals surface area contributed by atoms with E-state index >= 15 is 0 Å². The molecule has 1 fully saturated rings. The van der Waals surface area contributed by atoms with Gasteiger partial charge in [0.1, 0.15) is 23.2 Å². The van der Waals surface area contributed by atoms with Crippen molar-refractivity contribution >= 4 is 47.1 Å². The smallest absolute Gasteiger partial charge is 0.316 e. The Morgan fingerprint density at radius 2 is 1.73 bits per heavy atom. The Bertz CT molecular complexity index is 1310. The van der Waals surface area contributed by atoms with E-state index in [9.17, 15) is 28.8 Å². The van der Waals surface area contributed by atoms with Crippen LogP contribution >= 0.6 is 11.8 Å². The van der Waals surface area contributed by atoms with Gasteiger partial charge in [-0.2, -0.15) is 0 Å². The van der Waals surface area contributed by atoms with Crippen molar-refractivity contribution in [1.82, 2.24) is 31.2 Å². The number of pyridine rings is 1. The molecule has 1 unspecified atom stereocenters. The fourth-order valence-electron chi connectivity index (χ4n) is 5.75. The summed E-state index contributed by atoms with van der Waals surface area (Å²) in [7, 11) is 0. The first-order chi connectivity index (χ1) is 23.0. The number of carbonyl (C=O) groups excluding carboxylic acids is 6. The van der Waals surface area contributed by atoms with Gasteiger partial charge in [0.05, 0.1) is 6.04 Å². The van der Waals surface area contributed by atoms with E-state index in [1.54, 1.807) is 32.0 Å². The lowest BCUT2D eigenvalue weighted by Gasteiger charge is -2.37. The molecule has 0 spiro atoms. The van der Waals surface area contributed by atoms with Crippen LogP contribution in [0.3, 0.4) is 0 Å². The highest BCUT2D eigenvalue weighted by atomic mass is 32.2. The van der Waals surface area contributed by atoms with Crippen molar-refractivity contribution in [3.05, 3.63) is 42.7 Å². The molecule has 5 amide bonds. The van der Waals surface area contributed by atoms with Crippen LogP contribution in [-0.4, -0.2) is 87.5 Å². The summed E-state index contributed by atoms with van der Waals surface area (Å²) in [6.07, 6.45) is 6.23. The van der Waals surface area contributed by atoms with Gasteiger partial charge in [0, 0.05) is 19.3 Å². The molecule has 0 bridgehead atoms. The number of Topliss-reactive ketones (excluding diaryl/α,β-unsaturated/α-hetero) is 2. The number of urea groups is 1. The van der Waals surface area contributed by atoms with Crippen LogP contribution in [0.5, 0.6) is 0 Å². The Labute approximate surface area is 295 Å². The molecule has 0 saturated carbocycles. The number of carbonyl (C=O) groups is 6. The lowest BCUT2D eigenvalue weighted by molar-refractivity contribution is -0.144. The molecule has 0 radical (unpaired) electrons. The maximum Gasteiger partial charge on any atom is 0.316 e. The molecule has 2 rings (SSSR count). The van der Waals surface area contributed by atoms with E-state index < -0.39 is 58.5 Å². The minimum absolute atomic E-state index is 0.0181. The molecule has 272 valence electrons. The predicted octanol–water partition coefficient (Wildman–Crippen LogP) is 4.11. The maximum absolute atomic E-state index is 14.4. The SMILES string of the molecule is C=CCNC(=O)C(=O)C(NC(=O)[C@@H]1[C@@H](C(C)C)CCN1C(=O)[C@@H](NC(=O)N[C@H](C(=O)c1ccccn1)C(C)C)C(C)(C)C)SCCCCC. The first kappa shape index (κ1) is 41.4. The van der Waals surface area contributed by atoms with Crippen molar-refractivity contribution in [3.63, 3.8) is 0 Å². The fourth-order valence-corrected chi connectivity index (χ4v) is 6.81. The van der Waals surface area contributed by atoms with Crippen molar-refractivity contribution in [1.29, 1.82) is 0 Å². The number of unbranched alkanes of at least 4 members (excludes halogenated alkanes) is 2. The van der Waals surface area contributed by atoms with Crippen LogP contribution in [0.1, 0.15) is 91.6 Å². The van der Waals surface area contributed by atoms with Crippen LogP contribution in [-0.2, 0) is 19.2 Å². The highest BCUT2D eigenvalue weighted by molar-refractivity contribution is 8.00. The van der Waals surface area contributed by atoms with Crippen LogP contribution in [0, 0.1) is 23.2 Å². The molecule has 12 nitrogen and oxygen atoms in total. The molecule has 49 heavy (non-hydrogen) atoms. The normalized spacial score (nSPS) is 18.0. The molecule has 0 aliphatic carbocycles. The number of hydrogen-bond donors (Lipinski definition) is 4. The largest absolute Gasteiger partial charge is 0.346 e. The zero-order valence-corrected chi connectivity index (χ0v) is 31.2. The summed E-state index contributed by atoms with van der Waals surface area (Å²) >= 11 is 1.20. The minimum Gasteiger partial charge on any atom is -0.346 e. The van der Waals surface area contributed by atoms with Crippen molar-refractivity contribution in [2.45, 2.75) is 105 Å². The Balaban J connectivity index is 2.34. The van der Waals surface area contributed by atoms with Crippen LogP contribution in [0.15, 0.2) is 37.1 Å². The van der Waals surface area contributed by atoms with Crippen LogP contribution in [0.4, 0.5) is 4.79 Å². The zero-order valence-electron chi connectivity index (χ0n) is 30.3. The van der Waals surface area contributed by atoms with Gasteiger partial charge in [0.25, 0.3) is 11.7 Å². The highest BCUT2D eigenvalue weighted by Crippen LogP contribution is 2.33. The van der Waals surface area contributed by atoms with Gasteiger partial charge in [-0.25, -0.2) is 4.79 Å². The summed E-state index contributed by atoms with van der Waals surface area (Å²) in [4.78, 5) is 86.5. The highest BCUT2D eigenvalue weighted by Gasteiger charge is 2.48. The Morgan fingerprint density at radius 3 is 2.29 bits per heavy atom. The molecule has 1 aliphatic heterocycles. The fraction of sp³-hybridized carbons (Fsp3) is 0.639. The summed E-state index contributed by atoms with van der Waals surface area (Å²) in [5.41, 5.74) is -0.560. The summed E-state index contributed by atoms with van der Waals surface area (Å²) in [5.74, 6) is -2.85. The number of nitrogens with one attached hydrogen (secondary N) is 4. The number of likely N-dealkylation sites (tertiary alicyclic amines) is 1. The standard InChI is InChI=1S/C36H56N6O6S/c1-10-12-15-21-49-33(29(44)32(46)38-18-11-2)41-31(45)27-24(22(3)4)17-20-42(27)34(47)30(36(7,8)9)40-35(48)39-26(23(5)6)28(43)25-16-13-14-19-37-25/h11,13-14,16,19,22-24,26-27,30,33H,2,10,12,15,17-18,20-21H2,1,3-9H3,(H,38,46)(H,41,45)(H2,39,40,48)/t24-,26+,27+,30-,33?/m1/s1. The quantitative estimate of drug-likeness (QED) is 0.0584. The van der Waals surface area contributed by atoms with Gasteiger partial charge in [-0.05, 0) is 53.9 Å². The second-order valence-corrected chi connectivity index (χ2v) is 15.4. The van der Waals surface area contributed by atoms with Crippen molar-refractivity contribution in [3.8, 4) is 0 Å². The van der Waals surface area contributed by atoms with Crippen LogP contribution in [0.2, 0.25) is 0 Å². The predicted molar refractivity (Wildman–Crippen MR) is 193 cm³/mol. The molecular weight excluding hydrogens is 644 g/mol. The van der Waals surface area contributed by atoms with E-state index in [-0.39, 0.29) is 42.3 Å². The molecular formula is C36H56N6O6S. The van der Waals surface area contributed by atoms with Gasteiger partial charge < -0.3 is 26.2 Å². The van der Waals surface area contributed by atoms with Gasteiger partial charge in [-0.15, -0.1) is 18.3 Å². The third-order valence-corrected chi connectivity index (χ3v) is 9.76. The number of aromatic nitrogens is 1. The topological polar surface area (TPSA) is 167 Å². The summed E-state index contributed by atoms with van der Waals surface area (Å²) in [6.45, 7) is 19.0. The molecule has 4 N–H and O–H groups in total. The van der Waals surface area contributed by atoms with Gasteiger partial charge in [-0.3, -0.25) is 29.0 Å². The van der Waals surface area contributed by atoms with E-state index in [1.165, 1.54) is 28.9 Å². The number of amides is 5. The van der Waals surface area contributed by atoms with Gasteiger partial charge in [-0.1, -0.05) is 80.4 Å². The number of nitrogens with zero attached hydrogens (tertiary/aromatic N) is 2. The molecule has 1 saturated heterocycles. The lowest BCUT2D eigenvalue weighted by atomic mass is 9.84. The molecule has 2 heterocycles. The number of rotatable bonds is 18. The van der Waals surface area contributed by atoms with Crippen LogP contribution < -0.4 is 21.3 Å². The summed E-state index contributed by atoms with van der Waals surface area (Å²) in [5, 5.41) is 9.70. The molecule has 5 atom stereocenters. The molecule has 13 heteroatoms. The maximum atomic E-state index is 14.4. The Hall–Kier alpha value is -3.74. The molecule has 0 aromatic carbocycles. The zero-order chi connectivity index (χ0) is 36.9. The second-order valence-electron chi connectivity index (χ2n) is 14.2. The first-order valence-corrected chi connectivity index (χ1v) is 18.3. The van der Waals surface area contributed by atoms with Gasteiger partial charge in [0.2, 0.25) is 17.6 Å². The Kier molecular flexibility index (Phi) is 16.4. The number of thioether (sulfide) groups is 1. The average Bonchev–Trinajstić information content (AvgIpc) is 3.51. The third kappa shape index (κ3) is 12.0.